The average Bonchev–Trinajstić information content (AvgIpc) is 3.23. The number of fused-ring (bicyclic) bond motifs is 1. The largest absolute Gasteiger partial charge is 0.494 e. The molecular weight excluding hydrogens is 472 g/mol. The topological polar surface area (TPSA) is 91.8 Å². The van der Waals surface area contributed by atoms with Crippen molar-refractivity contribution in [1.82, 2.24) is 15.2 Å². The van der Waals surface area contributed by atoms with Crippen LogP contribution < -0.4 is 15.0 Å². The number of carbonyl (C=O) groups is 1. The number of benzene rings is 2. The Kier molecular flexibility index (Phi) is 7.70. The number of ether oxygens (including phenoxy) is 1. The molecule has 0 unspecified atom stereocenters. The van der Waals surface area contributed by atoms with E-state index in [0.29, 0.717) is 19.7 Å². The Morgan fingerprint density at radius 3 is 2.56 bits per heavy atom. The maximum atomic E-state index is 12.4. The summed E-state index contributed by atoms with van der Waals surface area (Å²) in [5, 5.41) is 3.76. The first-order valence-corrected chi connectivity index (χ1v) is 13.9. The van der Waals surface area contributed by atoms with E-state index in [1.807, 2.05) is 32.0 Å². The lowest BCUT2D eigenvalue weighted by molar-refractivity contribution is -0.118. The van der Waals surface area contributed by atoms with Crippen LogP contribution in [0.4, 0.5) is 5.13 Å². The van der Waals surface area contributed by atoms with Gasteiger partial charge in [0.2, 0.25) is 5.91 Å². The van der Waals surface area contributed by atoms with Crippen molar-refractivity contribution < 1.29 is 17.9 Å². The van der Waals surface area contributed by atoms with E-state index in [1.165, 1.54) is 0 Å². The van der Waals surface area contributed by atoms with E-state index >= 15 is 0 Å². The first-order valence-electron chi connectivity index (χ1n) is 11.4. The highest BCUT2D eigenvalue weighted by atomic mass is 32.2. The molecule has 4 rings (SSSR count). The Balaban J connectivity index is 1.22. The number of nitrogens with zero attached hydrogens (tertiary/aromatic N) is 3. The summed E-state index contributed by atoms with van der Waals surface area (Å²) in [6.07, 6.45) is 0. The van der Waals surface area contributed by atoms with Gasteiger partial charge in [0.05, 0.1) is 21.7 Å². The number of hydrogen-bond donors (Lipinski definition) is 1. The van der Waals surface area contributed by atoms with Crippen LogP contribution in [0.15, 0.2) is 47.4 Å². The molecule has 8 nitrogen and oxygen atoms in total. The summed E-state index contributed by atoms with van der Waals surface area (Å²) in [5.74, 6) is -0.143. The summed E-state index contributed by atoms with van der Waals surface area (Å²) in [5.41, 5.74) is 1.96. The summed E-state index contributed by atoms with van der Waals surface area (Å²) >= 11 is 1.67. The Labute approximate surface area is 204 Å². The summed E-state index contributed by atoms with van der Waals surface area (Å²) in [6.45, 7) is 9.03. The molecule has 1 aliphatic heterocycles. The standard InChI is InChI=1S/C24H30N4O4S2/c1-3-32-19-6-9-21-22(16-19)33-24(26-21)28-14-12-27(13-15-28)11-10-25-23(29)17-34(30,31)20-7-4-18(2)5-8-20/h4-9,16H,3,10-15,17H2,1-2H3,(H,25,29). The van der Waals surface area contributed by atoms with E-state index < -0.39 is 21.5 Å². The zero-order valence-electron chi connectivity index (χ0n) is 19.5. The summed E-state index contributed by atoms with van der Waals surface area (Å²) in [7, 11) is -3.63. The van der Waals surface area contributed by atoms with Gasteiger partial charge in [0, 0.05) is 39.3 Å². The van der Waals surface area contributed by atoms with E-state index in [4.69, 9.17) is 9.72 Å². The van der Waals surface area contributed by atoms with Crippen LogP contribution >= 0.6 is 11.3 Å². The van der Waals surface area contributed by atoms with Crippen LogP contribution in [0.2, 0.25) is 0 Å². The van der Waals surface area contributed by atoms with Gasteiger partial charge in [0.15, 0.2) is 15.0 Å². The van der Waals surface area contributed by atoms with E-state index in [9.17, 15) is 13.2 Å². The van der Waals surface area contributed by atoms with Gasteiger partial charge < -0.3 is 15.0 Å². The molecule has 3 aromatic rings. The van der Waals surface area contributed by atoms with Gasteiger partial charge in [0.25, 0.3) is 0 Å². The summed E-state index contributed by atoms with van der Waals surface area (Å²) < 4.78 is 31.5. The number of nitrogens with one attached hydrogen (secondary N) is 1. The number of sulfone groups is 1. The monoisotopic (exact) mass is 502 g/mol. The van der Waals surface area contributed by atoms with Crippen LogP contribution in [0.5, 0.6) is 5.75 Å². The zero-order valence-corrected chi connectivity index (χ0v) is 21.1. The fraction of sp³-hybridized carbons (Fsp3) is 0.417. The molecule has 34 heavy (non-hydrogen) atoms. The average molecular weight is 503 g/mol. The number of aromatic nitrogens is 1. The highest BCUT2D eigenvalue weighted by Crippen LogP contribution is 2.31. The number of thiazole rings is 1. The molecule has 0 saturated carbocycles. The predicted octanol–water partition coefficient (Wildman–Crippen LogP) is 2.72. The molecule has 0 aliphatic carbocycles. The number of piperazine rings is 1. The quantitative estimate of drug-likeness (QED) is 0.481. The van der Waals surface area contributed by atoms with Crippen molar-refractivity contribution in [2.75, 3.05) is 56.5 Å². The molecule has 2 heterocycles. The van der Waals surface area contributed by atoms with Crippen molar-refractivity contribution in [2.45, 2.75) is 18.7 Å². The van der Waals surface area contributed by atoms with Crippen molar-refractivity contribution in [3.63, 3.8) is 0 Å². The highest BCUT2D eigenvalue weighted by molar-refractivity contribution is 7.92. The third kappa shape index (κ3) is 6.05. The van der Waals surface area contributed by atoms with Crippen molar-refractivity contribution in [3.05, 3.63) is 48.0 Å². The number of amides is 1. The number of aryl methyl sites for hydroxylation is 1. The van der Waals surface area contributed by atoms with Gasteiger partial charge in [-0.2, -0.15) is 0 Å². The first-order chi connectivity index (χ1) is 16.3. The number of carbonyl (C=O) groups excluding carboxylic acids is 1. The molecular formula is C24H30N4O4S2. The van der Waals surface area contributed by atoms with E-state index in [0.717, 1.165) is 52.8 Å². The molecule has 1 aliphatic rings. The molecule has 1 N–H and O–H groups in total. The molecule has 182 valence electrons. The van der Waals surface area contributed by atoms with Gasteiger partial charge in [-0.25, -0.2) is 13.4 Å². The fourth-order valence-electron chi connectivity index (χ4n) is 3.85. The van der Waals surface area contributed by atoms with Crippen molar-refractivity contribution in [3.8, 4) is 5.75 Å². The Bertz CT molecular complexity index is 1230. The molecule has 1 fully saturated rings. The van der Waals surface area contributed by atoms with Gasteiger partial charge in [-0.15, -0.1) is 0 Å². The summed E-state index contributed by atoms with van der Waals surface area (Å²) in [6, 6.07) is 12.5. The number of anilines is 1. The lowest BCUT2D eigenvalue weighted by Gasteiger charge is -2.34. The molecule has 0 atom stereocenters. The van der Waals surface area contributed by atoms with Gasteiger partial charge in [-0.05, 0) is 44.2 Å². The fourth-order valence-corrected chi connectivity index (χ4v) is 6.06. The lowest BCUT2D eigenvalue weighted by Crippen LogP contribution is -2.48. The molecule has 1 amide bonds. The third-order valence-electron chi connectivity index (χ3n) is 5.75. The number of hydrogen-bond acceptors (Lipinski definition) is 8. The first kappa shape index (κ1) is 24.4. The minimum atomic E-state index is -3.63. The van der Waals surface area contributed by atoms with Crippen LogP contribution in [0, 0.1) is 6.92 Å². The third-order valence-corrected chi connectivity index (χ3v) is 8.47. The van der Waals surface area contributed by atoms with Crippen LogP contribution in [-0.4, -0.2) is 75.8 Å². The highest BCUT2D eigenvalue weighted by Gasteiger charge is 2.21. The minimum absolute atomic E-state index is 0.174. The maximum absolute atomic E-state index is 12.4. The zero-order chi connectivity index (χ0) is 24.1. The van der Waals surface area contributed by atoms with Gasteiger partial charge in [-0.1, -0.05) is 29.0 Å². The Morgan fingerprint density at radius 1 is 1.12 bits per heavy atom. The van der Waals surface area contributed by atoms with Crippen LogP contribution in [0.25, 0.3) is 10.2 Å². The van der Waals surface area contributed by atoms with E-state index in [-0.39, 0.29) is 4.90 Å². The normalized spacial score (nSPS) is 14.9. The molecule has 10 heteroatoms. The number of rotatable bonds is 9. The van der Waals surface area contributed by atoms with Crippen molar-refractivity contribution in [2.24, 2.45) is 0 Å². The smallest absolute Gasteiger partial charge is 0.235 e. The predicted molar refractivity (Wildman–Crippen MR) is 136 cm³/mol. The van der Waals surface area contributed by atoms with E-state index in [2.05, 4.69) is 15.1 Å². The Morgan fingerprint density at radius 2 is 1.85 bits per heavy atom. The maximum Gasteiger partial charge on any atom is 0.235 e. The van der Waals surface area contributed by atoms with Crippen LogP contribution in [-0.2, 0) is 14.6 Å². The van der Waals surface area contributed by atoms with Gasteiger partial charge in [0.1, 0.15) is 11.5 Å². The molecule has 0 spiro atoms. The van der Waals surface area contributed by atoms with Gasteiger partial charge >= 0.3 is 0 Å². The Hall–Kier alpha value is -2.69. The molecule has 0 bridgehead atoms. The summed E-state index contributed by atoms with van der Waals surface area (Å²) in [4.78, 5) is 21.7. The second-order valence-corrected chi connectivity index (χ2v) is 11.3. The van der Waals surface area contributed by atoms with Crippen LogP contribution in [0.1, 0.15) is 12.5 Å². The SMILES string of the molecule is CCOc1ccc2nc(N3CCN(CCNC(=O)CS(=O)(=O)c4ccc(C)cc4)CC3)sc2c1. The minimum Gasteiger partial charge on any atom is -0.494 e. The molecule has 0 radical (unpaired) electrons. The lowest BCUT2D eigenvalue weighted by atomic mass is 10.2. The van der Waals surface area contributed by atoms with Crippen molar-refractivity contribution in [1.29, 1.82) is 0 Å². The van der Waals surface area contributed by atoms with E-state index in [1.54, 1.807) is 35.6 Å². The molecule has 2 aromatic carbocycles. The van der Waals surface area contributed by atoms with Crippen molar-refractivity contribution >= 4 is 42.4 Å². The van der Waals surface area contributed by atoms with Crippen LogP contribution in [0.3, 0.4) is 0 Å². The van der Waals surface area contributed by atoms with Gasteiger partial charge in [-0.3, -0.25) is 9.69 Å². The molecule has 1 aromatic heterocycles. The second-order valence-electron chi connectivity index (χ2n) is 8.31. The molecule has 1 saturated heterocycles. The second kappa shape index (κ2) is 10.7.